The minimum absolute atomic E-state index is 0.0139. The van der Waals surface area contributed by atoms with Crippen molar-refractivity contribution in [3.8, 4) is 23.0 Å². The quantitative estimate of drug-likeness (QED) is 0.187. The largest absolute Gasteiger partial charge is 0.507 e. The lowest BCUT2D eigenvalue weighted by atomic mass is 9.94. The first-order valence-electron chi connectivity index (χ1n) is 13.7. The summed E-state index contributed by atoms with van der Waals surface area (Å²) in [6, 6.07) is 13.6. The van der Waals surface area contributed by atoms with Gasteiger partial charge in [-0.15, -0.1) is 0 Å². The molecule has 1 atom stereocenters. The summed E-state index contributed by atoms with van der Waals surface area (Å²) in [6.45, 7) is 7.05. The highest BCUT2D eigenvalue weighted by Crippen LogP contribution is 2.46. The SMILES string of the molecule is CCN(CC)CCCN1C(=O)C(=O)/C(=C(/O)c2ccc3cc(OC)ccc3c2)C1c1cc(OC)c(OC)c(OC)c1. The second-order valence-electron chi connectivity index (χ2n) is 9.76. The van der Waals surface area contributed by atoms with Gasteiger partial charge in [-0.1, -0.05) is 32.0 Å². The Kier molecular flexibility index (Phi) is 9.39. The number of likely N-dealkylation sites (tertiary alicyclic amines) is 1. The molecule has 1 N–H and O–H groups in total. The number of aliphatic hydroxyl groups excluding tert-OH is 1. The molecular formula is C32H38N2O7. The van der Waals surface area contributed by atoms with Gasteiger partial charge in [0.1, 0.15) is 11.5 Å². The molecule has 9 heteroatoms. The van der Waals surface area contributed by atoms with E-state index in [1.165, 1.54) is 26.2 Å². The lowest BCUT2D eigenvalue weighted by Crippen LogP contribution is -2.33. The Morgan fingerprint density at radius 2 is 1.49 bits per heavy atom. The van der Waals surface area contributed by atoms with Crippen LogP contribution >= 0.6 is 0 Å². The van der Waals surface area contributed by atoms with E-state index in [-0.39, 0.29) is 11.3 Å². The first kappa shape index (κ1) is 29.7. The minimum Gasteiger partial charge on any atom is -0.507 e. The van der Waals surface area contributed by atoms with Gasteiger partial charge in [0.2, 0.25) is 5.75 Å². The molecule has 0 bridgehead atoms. The van der Waals surface area contributed by atoms with Crippen molar-refractivity contribution < 1.29 is 33.6 Å². The van der Waals surface area contributed by atoms with Gasteiger partial charge in [0.25, 0.3) is 11.7 Å². The first-order valence-corrected chi connectivity index (χ1v) is 13.7. The van der Waals surface area contributed by atoms with E-state index in [1.54, 1.807) is 31.4 Å². The average molecular weight is 563 g/mol. The molecule has 218 valence electrons. The van der Waals surface area contributed by atoms with Gasteiger partial charge in [-0.2, -0.15) is 0 Å². The van der Waals surface area contributed by atoms with Crippen molar-refractivity contribution in [2.45, 2.75) is 26.3 Å². The summed E-state index contributed by atoms with van der Waals surface area (Å²) in [5.41, 5.74) is 1.01. The molecule has 1 aliphatic heterocycles. The van der Waals surface area contributed by atoms with Crippen LogP contribution in [0.5, 0.6) is 23.0 Å². The molecule has 0 radical (unpaired) electrons. The predicted octanol–water partition coefficient (Wildman–Crippen LogP) is 5.03. The van der Waals surface area contributed by atoms with Crippen molar-refractivity contribution >= 4 is 28.2 Å². The number of carbonyl (C=O) groups excluding carboxylic acids is 2. The zero-order chi connectivity index (χ0) is 29.7. The normalized spacial score (nSPS) is 16.5. The maximum absolute atomic E-state index is 13.6. The molecule has 1 aliphatic rings. The van der Waals surface area contributed by atoms with Gasteiger partial charge < -0.3 is 33.9 Å². The molecule has 1 unspecified atom stereocenters. The summed E-state index contributed by atoms with van der Waals surface area (Å²) in [7, 11) is 6.12. The molecule has 0 aliphatic carbocycles. The number of methoxy groups -OCH3 is 4. The molecule has 1 saturated heterocycles. The number of benzene rings is 3. The van der Waals surface area contributed by atoms with Gasteiger partial charge in [-0.3, -0.25) is 9.59 Å². The Bertz CT molecular complexity index is 1440. The fraction of sp³-hybridized carbons (Fsp3) is 0.375. The maximum Gasteiger partial charge on any atom is 0.295 e. The molecule has 0 saturated carbocycles. The van der Waals surface area contributed by atoms with Crippen LogP contribution in [0, 0.1) is 0 Å². The first-order chi connectivity index (χ1) is 19.8. The van der Waals surface area contributed by atoms with Gasteiger partial charge in [-0.25, -0.2) is 0 Å². The van der Waals surface area contributed by atoms with Gasteiger partial charge in [-0.05, 0) is 72.7 Å². The number of hydrogen-bond donors (Lipinski definition) is 1. The smallest absolute Gasteiger partial charge is 0.295 e. The summed E-state index contributed by atoms with van der Waals surface area (Å²) in [6.07, 6.45) is 0.660. The number of Topliss-reactive ketones (excluding diaryl/α,β-unsaturated/α-hetero) is 1. The number of rotatable bonds is 12. The fourth-order valence-electron chi connectivity index (χ4n) is 5.37. The highest BCUT2D eigenvalue weighted by Gasteiger charge is 2.46. The zero-order valence-corrected chi connectivity index (χ0v) is 24.5. The maximum atomic E-state index is 13.6. The summed E-state index contributed by atoms with van der Waals surface area (Å²) >= 11 is 0. The van der Waals surface area contributed by atoms with E-state index in [9.17, 15) is 14.7 Å². The van der Waals surface area contributed by atoms with Crippen molar-refractivity contribution in [2.75, 3.05) is 54.6 Å². The molecule has 4 rings (SSSR count). The second kappa shape index (κ2) is 13.0. The van der Waals surface area contributed by atoms with Crippen molar-refractivity contribution in [3.63, 3.8) is 0 Å². The number of ether oxygens (including phenoxy) is 4. The van der Waals surface area contributed by atoms with Gasteiger partial charge in [0.15, 0.2) is 11.5 Å². The molecular weight excluding hydrogens is 524 g/mol. The number of hydrogen-bond acceptors (Lipinski definition) is 8. The van der Waals surface area contributed by atoms with Crippen LogP contribution in [0.3, 0.4) is 0 Å². The topological polar surface area (TPSA) is 97.8 Å². The second-order valence-corrected chi connectivity index (χ2v) is 9.76. The van der Waals surface area contributed by atoms with Crippen LogP contribution in [0.2, 0.25) is 0 Å². The van der Waals surface area contributed by atoms with Crippen LogP contribution < -0.4 is 18.9 Å². The van der Waals surface area contributed by atoms with E-state index in [2.05, 4.69) is 18.7 Å². The molecule has 1 heterocycles. The fourth-order valence-corrected chi connectivity index (χ4v) is 5.37. The summed E-state index contributed by atoms with van der Waals surface area (Å²) in [5.74, 6) is 0.236. The molecule has 41 heavy (non-hydrogen) atoms. The predicted molar refractivity (Wildman–Crippen MR) is 158 cm³/mol. The molecule has 0 spiro atoms. The van der Waals surface area contributed by atoms with Gasteiger partial charge in [0, 0.05) is 12.1 Å². The van der Waals surface area contributed by atoms with Crippen molar-refractivity contribution in [3.05, 3.63) is 65.2 Å². The Labute approximate surface area is 240 Å². The van der Waals surface area contributed by atoms with Crippen LogP contribution in [-0.4, -0.2) is 81.2 Å². The third-order valence-electron chi connectivity index (χ3n) is 7.63. The molecule has 1 amide bonds. The van der Waals surface area contributed by atoms with E-state index in [1.807, 2.05) is 24.3 Å². The number of amides is 1. The van der Waals surface area contributed by atoms with E-state index in [4.69, 9.17) is 18.9 Å². The van der Waals surface area contributed by atoms with E-state index in [0.29, 0.717) is 47.1 Å². The third kappa shape index (κ3) is 5.81. The van der Waals surface area contributed by atoms with Gasteiger partial charge >= 0.3 is 0 Å². The van der Waals surface area contributed by atoms with Crippen LogP contribution in [0.4, 0.5) is 0 Å². The summed E-state index contributed by atoms with van der Waals surface area (Å²) in [4.78, 5) is 30.9. The lowest BCUT2D eigenvalue weighted by Gasteiger charge is -2.27. The van der Waals surface area contributed by atoms with Crippen LogP contribution in [-0.2, 0) is 9.59 Å². The van der Waals surface area contributed by atoms with E-state index >= 15 is 0 Å². The Hall–Kier alpha value is -4.24. The molecule has 1 fully saturated rings. The average Bonchev–Trinajstić information content (AvgIpc) is 3.26. The number of fused-ring (bicyclic) bond motifs is 1. The van der Waals surface area contributed by atoms with Crippen LogP contribution in [0.15, 0.2) is 54.1 Å². The van der Waals surface area contributed by atoms with Crippen molar-refractivity contribution in [1.29, 1.82) is 0 Å². The minimum atomic E-state index is -0.855. The number of aliphatic hydroxyl groups is 1. The Balaban J connectivity index is 1.86. The van der Waals surface area contributed by atoms with Gasteiger partial charge in [0.05, 0.1) is 40.1 Å². The van der Waals surface area contributed by atoms with E-state index in [0.717, 1.165) is 30.4 Å². The standard InChI is InChI=1S/C32H38N2O7/c1-7-33(8-2)14-9-15-34-28(23-18-25(39-4)31(41-6)26(19-23)40-5)27(30(36)32(34)37)29(35)22-11-10-21-17-24(38-3)13-12-20(21)16-22/h10-13,16-19,28,35H,7-9,14-15H2,1-6H3/b29-27+. The monoisotopic (exact) mass is 562 g/mol. The highest BCUT2D eigenvalue weighted by atomic mass is 16.5. The van der Waals surface area contributed by atoms with E-state index < -0.39 is 17.7 Å². The molecule has 9 nitrogen and oxygen atoms in total. The molecule has 0 aromatic heterocycles. The highest BCUT2D eigenvalue weighted by molar-refractivity contribution is 6.46. The lowest BCUT2D eigenvalue weighted by molar-refractivity contribution is -0.140. The number of carbonyl (C=O) groups is 2. The Morgan fingerprint density at radius 3 is 2.07 bits per heavy atom. The molecule has 3 aromatic rings. The van der Waals surface area contributed by atoms with Crippen molar-refractivity contribution in [1.82, 2.24) is 9.80 Å². The van der Waals surface area contributed by atoms with Crippen LogP contribution in [0.1, 0.15) is 37.4 Å². The molecule has 3 aromatic carbocycles. The third-order valence-corrected chi connectivity index (χ3v) is 7.63. The number of ketones is 1. The summed E-state index contributed by atoms with van der Waals surface area (Å²) < 4.78 is 21.9. The number of nitrogens with zero attached hydrogens (tertiary/aromatic N) is 2. The Morgan fingerprint density at radius 1 is 0.854 bits per heavy atom. The summed E-state index contributed by atoms with van der Waals surface area (Å²) in [5, 5.41) is 13.4. The van der Waals surface area contributed by atoms with Crippen LogP contribution in [0.25, 0.3) is 16.5 Å². The zero-order valence-electron chi connectivity index (χ0n) is 24.5. The van der Waals surface area contributed by atoms with Crippen molar-refractivity contribution in [2.24, 2.45) is 0 Å².